The third kappa shape index (κ3) is 3.92. The monoisotopic (exact) mass is 440 g/mol. The van der Waals surface area contributed by atoms with Crippen molar-refractivity contribution in [3.63, 3.8) is 0 Å². The maximum absolute atomic E-state index is 13.1. The number of carbonyl (C=O) groups excluding carboxylic acids is 2. The molecule has 7 nitrogen and oxygen atoms in total. The van der Waals surface area contributed by atoms with E-state index in [1.54, 1.807) is 42.5 Å². The molecule has 0 saturated carbocycles. The SMILES string of the molecule is CC(=O)Nc1ccc(NC(=O)c2cc(-c3ccc(C)s3)nc3onc(C)c23)c(Cl)c1. The summed E-state index contributed by atoms with van der Waals surface area (Å²) >= 11 is 7.87. The molecule has 1 aromatic carbocycles. The molecule has 4 aromatic rings. The average Bonchev–Trinajstić information content (AvgIpc) is 3.29. The molecule has 0 atom stereocenters. The van der Waals surface area contributed by atoms with Gasteiger partial charge in [-0.05, 0) is 50.2 Å². The predicted octanol–water partition coefficient (Wildman–Crippen LogP) is 5.43. The molecule has 4 rings (SSSR count). The van der Waals surface area contributed by atoms with Gasteiger partial charge in [0.2, 0.25) is 5.91 Å². The lowest BCUT2D eigenvalue weighted by atomic mass is 10.1. The molecule has 0 aliphatic rings. The molecule has 0 spiro atoms. The predicted molar refractivity (Wildman–Crippen MR) is 118 cm³/mol. The first-order chi connectivity index (χ1) is 14.3. The van der Waals surface area contributed by atoms with Crippen LogP contribution < -0.4 is 10.6 Å². The van der Waals surface area contributed by atoms with Crippen LogP contribution in [0, 0.1) is 13.8 Å². The highest BCUT2D eigenvalue weighted by molar-refractivity contribution is 7.15. The second-order valence-corrected chi connectivity index (χ2v) is 8.44. The van der Waals surface area contributed by atoms with Crippen LogP contribution in [-0.2, 0) is 4.79 Å². The Morgan fingerprint density at radius 2 is 1.90 bits per heavy atom. The molecule has 2 N–H and O–H groups in total. The minimum absolute atomic E-state index is 0.207. The third-order valence-electron chi connectivity index (χ3n) is 4.39. The minimum Gasteiger partial charge on any atom is -0.335 e. The molecule has 30 heavy (non-hydrogen) atoms. The van der Waals surface area contributed by atoms with Crippen LogP contribution in [0.5, 0.6) is 0 Å². The van der Waals surface area contributed by atoms with E-state index in [4.69, 9.17) is 16.1 Å². The normalized spacial score (nSPS) is 10.9. The zero-order chi connectivity index (χ0) is 21.4. The van der Waals surface area contributed by atoms with Crippen molar-refractivity contribution in [2.24, 2.45) is 0 Å². The maximum atomic E-state index is 13.1. The van der Waals surface area contributed by atoms with Crippen molar-refractivity contribution in [1.29, 1.82) is 0 Å². The van der Waals surface area contributed by atoms with Gasteiger partial charge in [0, 0.05) is 17.5 Å². The van der Waals surface area contributed by atoms with Gasteiger partial charge in [0.15, 0.2) is 0 Å². The number of nitrogens with one attached hydrogen (secondary N) is 2. The average molecular weight is 441 g/mol. The summed E-state index contributed by atoms with van der Waals surface area (Å²) in [7, 11) is 0. The van der Waals surface area contributed by atoms with Crippen LogP contribution in [0.3, 0.4) is 0 Å². The van der Waals surface area contributed by atoms with Crippen LogP contribution in [0.1, 0.15) is 27.9 Å². The number of aromatic nitrogens is 2. The first-order valence-corrected chi connectivity index (χ1v) is 10.2. The van der Waals surface area contributed by atoms with E-state index in [1.165, 1.54) is 6.92 Å². The van der Waals surface area contributed by atoms with Crippen molar-refractivity contribution in [1.82, 2.24) is 10.1 Å². The Kier molecular flexibility index (Phi) is 5.27. The van der Waals surface area contributed by atoms with Crippen molar-refractivity contribution < 1.29 is 14.1 Å². The lowest BCUT2D eigenvalue weighted by Crippen LogP contribution is -2.14. The van der Waals surface area contributed by atoms with Crippen LogP contribution in [0.25, 0.3) is 21.7 Å². The lowest BCUT2D eigenvalue weighted by molar-refractivity contribution is -0.114. The van der Waals surface area contributed by atoms with Crippen molar-refractivity contribution in [2.75, 3.05) is 10.6 Å². The van der Waals surface area contributed by atoms with Crippen LogP contribution in [0.4, 0.5) is 11.4 Å². The van der Waals surface area contributed by atoms with E-state index >= 15 is 0 Å². The summed E-state index contributed by atoms with van der Waals surface area (Å²) < 4.78 is 5.33. The molecular formula is C21H17ClN4O3S. The number of amides is 2. The summed E-state index contributed by atoms with van der Waals surface area (Å²) in [5.41, 5.74) is 2.86. The number of halogens is 1. The molecule has 3 heterocycles. The fourth-order valence-corrected chi connectivity index (χ4v) is 4.12. The second kappa shape index (κ2) is 7.89. The van der Waals surface area contributed by atoms with Crippen LogP contribution >= 0.6 is 22.9 Å². The largest absolute Gasteiger partial charge is 0.335 e. The number of hydrogen-bond donors (Lipinski definition) is 2. The molecule has 2 amide bonds. The molecule has 0 bridgehead atoms. The van der Waals surface area contributed by atoms with E-state index in [2.05, 4.69) is 20.8 Å². The fourth-order valence-electron chi connectivity index (χ4n) is 3.06. The van der Waals surface area contributed by atoms with Gasteiger partial charge in [0.05, 0.1) is 37.9 Å². The van der Waals surface area contributed by atoms with Crippen molar-refractivity contribution >= 4 is 57.2 Å². The molecule has 0 radical (unpaired) electrons. The Labute approximate surface area is 181 Å². The van der Waals surface area contributed by atoms with Gasteiger partial charge < -0.3 is 15.2 Å². The van der Waals surface area contributed by atoms with Gasteiger partial charge in [0.25, 0.3) is 11.6 Å². The van der Waals surface area contributed by atoms with Crippen LogP contribution in [0.15, 0.2) is 40.9 Å². The molecule has 152 valence electrons. The third-order valence-corrected chi connectivity index (χ3v) is 5.73. The van der Waals surface area contributed by atoms with Gasteiger partial charge in [-0.15, -0.1) is 11.3 Å². The van der Waals surface area contributed by atoms with Crippen LogP contribution in [-0.4, -0.2) is 22.0 Å². The Balaban J connectivity index is 1.72. The topological polar surface area (TPSA) is 97.1 Å². The fraction of sp³-hybridized carbons (Fsp3) is 0.143. The van der Waals surface area contributed by atoms with Crippen molar-refractivity contribution in [3.8, 4) is 10.6 Å². The number of fused-ring (bicyclic) bond motifs is 1. The smallest absolute Gasteiger partial charge is 0.259 e. The zero-order valence-electron chi connectivity index (χ0n) is 16.4. The van der Waals surface area contributed by atoms with Crippen LogP contribution in [0.2, 0.25) is 5.02 Å². The minimum atomic E-state index is -0.364. The number of thiophene rings is 1. The number of carbonyl (C=O) groups is 2. The van der Waals surface area contributed by atoms with E-state index in [9.17, 15) is 9.59 Å². The molecule has 0 aliphatic carbocycles. The van der Waals surface area contributed by atoms with Gasteiger partial charge in [-0.3, -0.25) is 9.59 Å². The molecule has 3 aromatic heterocycles. The number of hydrogen-bond acceptors (Lipinski definition) is 6. The Morgan fingerprint density at radius 3 is 2.57 bits per heavy atom. The van der Waals surface area contributed by atoms with E-state index in [0.29, 0.717) is 44.4 Å². The van der Waals surface area contributed by atoms with Gasteiger partial charge in [-0.1, -0.05) is 16.8 Å². The molecule has 9 heteroatoms. The summed E-state index contributed by atoms with van der Waals surface area (Å²) in [4.78, 5) is 30.9. The highest BCUT2D eigenvalue weighted by Crippen LogP contribution is 2.32. The number of aryl methyl sites for hydroxylation is 2. The van der Waals surface area contributed by atoms with Crippen molar-refractivity contribution in [3.05, 3.63) is 57.6 Å². The Morgan fingerprint density at radius 1 is 1.10 bits per heavy atom. The zero-order valence-corrected chi connectivity index (χ0v) is 17.9. The van der Waals surface area contributed by atoms with Gasteiger partial charge in [-0.2, -0.15) is 0 Å². The van der Waals surface area contributed by atoms with Gasteiger partial charge in [0.1, 0.15) is 0 Å². The standard InChI is InChI=1S/C21H17ClN4O3S/c1-10-4-7-18(30-10)17-9-14(19-11(2)26-29-21(19)25-17)20(28)24-16-6-5-13(8-15(16)22)23-12(3)27/h4-9H,1-3H3,(H,23,27)(H,24,28). The summed E-state index contributed by atoms with van der Waals surface area (Å²) in [5.74, 6) is -0.571. The highest BCUT2D eigenvalue weighted by atomic mass is 35.5. The van der Waals surface area contributed by atoms with Gasteiger partial charge in [-0.25, -0.2) is 4.98 Å². The first kappa shape index (κ1) is 20.1. The number of nitrogens with zero attached hydrogens (tertiary/aromatic N) is 2. The Bertz CT molecular complexity index is 1290. The molecular weight excluding hydrogens is 424 g/mol. The van der Waals surface area contributed by atoms with E-state index in [0.717, 1.165) is 9.75 Å². The number of pyridine rings is 1. The summed E-state index contributed by atoms with van der Waals surface area (Å²) in [6.45, 7) is 5.17. The maximum Gasteiger partial charge on any atom is 0.259 e. The molecule has 0 aliphatic heterocycles. The second-order valence-electron chi connectivity index (χ2n) is 6.74. The number of benzene rings is 1. The summed E-state index contributed by atoms with van der Waals surface area (Å²) in [6.07, 6.45) is 0. The molecule has 0 fully saturated rings. The van der Waals surface area contributed by atoms with Gasteiger partial charge >= 0.3 is 0 Å². The molecule has 0 unspecified atom stereocenters. The number of anilines is 2. The lowest BCUT2D eigenvalue weighted by Gasteiger charge is -2.10. The summed E-state index contributed by atoms with van der Waals surface area (Å²) in [5, 5.41) is 10.3. The van der Waals surface area contributed by atoms with E-state index in [-0.39, 0.29) is 11.8 Å². The number of rotatable bonds is 4. The van der Waals surface area contributed by atoms with Crippen molar-refractivity contribution in [2.45, 2.75) is 20.8 Å². The highest BCUT2D eigenvalue weighted by Gasteiger charge is 2.20. The first-order valence-electron chi connectivity index (χ1n) is 9.04. The molecule has 0 saturated heterocycles. The van der Waals surface area contributed by atoms with E-state index in [1.807, 2.05) is 19.1 Å². The van der Waals surface area contributed by atoms with E-state index < -0.39 is 0 Å². The Hall–Kier alpha value is -3.23. The quantitative estimate of drug-likeness (QED) is 0.440. The summed E-state index contributed by atoms with van der Waals surface area (Å²) in [6, 6.07) is 10.5.